The Morgan fingerprint density at radius 3 is 3.05 bits per heavy atom. The number of nitrogens with one attached hydrogen (secondary N) is 2. The maximum Gasteiger partial charge on any atom is 0.244 e. The van der Waals surface area contributed by atoms with Crippen LogP contribution in [0.15, 0.2) is 23.1 Å². The van der Waals surface area contributed by atoms with Crippen LogP contribution >= 0.6 is 0 Å². The molecule has 1 aromatic carbocycles. The SMILES string of the molecule is COc1ccc(C)cc1S(=O)(=O)NC[C@H]1CNCCOC1. The maximum absolute atomic E-state index is 12.4. The Bertz CT molecular complexity index is 566. The van der Waals surface area contributed by atoms with E-state index >= 15 is 0 Å². The van der Waals surface area contributed by atoms with Crippen LogP contribution in [-0.2, 0) is 14.8 Å². The summed E-state index contributed by atoms with van der Waals surface area (Å²) in [6.45, 7) is 4.95. The summed E-state index contributed by atoms with van der Waals surface area (Å²) in [5, 5.41) is 3.22. The first-order valence-electron chi connectivity index (χ1n) is 6.95. The number of rotatable bonds is 5. The zero-order valence-corrected chi connectivity index (χ0v) is 13.2. The molecule has 118 valence electrons. The second-order valence-electron chi connectivity index (χ2n) is 5.15. The Balaban J connectivity index is 2.09. The third-order valence-electron chi connectivity index (χ3n) is 3.38. The topological polar surface area (TPSA) is 76.7 Å². The number of methoxy groups -OCH3 is 1. The number of benzene rings is 1. The highest BCUT2D eigenvalue weighted by Crippen LogP contribution is 2.24. The fourth-order valence-electron chi connectivity index (χ4n) is 2.19. The van der Waals surface area contributed by atoms with Crippen molar-refractivity contribution in [1.29, 1.82) is 0 Å². The Morgan fingerprint density at radius 2 is 2.29 bits per heavy atom. The highest BCUT2D eigenvalue weighted by Gasteiger charge is 2.22. The molecule has 0 spiro atoms. The second-order valence-corrected chi connectivity index (χ2v) is 6.89. The molecule has 6 nitrogen and oxygen atoms in total. The van der Waals surface area contributed by atoms with Crippen molar-refractivity contribution in [3.63, 3.8) is 0 Å². The summed E-state index contributed by atoms with van der Waals surface area (Å²) >= 11 is 0. The highest BCUT2D eigenvalue weighted by atomic mass is 32.2. The quantitative estimate of drug-likeness (QED) is 0.828. The lowest BCUT2D eigenvalue weighted by molar-refractivity contribution is 0.124. The van der Waals surface area contributed by atoms with E-state index < -0.39 is 10.0 Å². The van der Waals surface area contributed by atoms with Crippen molar-refractivity contribution in [3.8, 4) is 5.75 Å². The maximum atomic E-state index is 12.4. The van der Waals surface area contributed by atoms with Crippen molar-refractivity contribution in [2.24, 2.45) is 5.92 Å². The molecule has 1 saturated heterocycles. The molecule has 1 aromatic rings. The van der Waals surface area contributed by atoms with Gasteiger partial charge in [-0.15, -0.1) is 0 Å². The lowest BCUT2D eigenvalue weighted by atomic mass is 10.2. The molecule has 0 amide bonds. The minimum atomic E-state index is -3.60. The van der Waals surface area contributed by atoms with Crippen LogP contribution in [0.25, 0.3) is 0 Å². The third-order valence-corrected chi connectivity index (χ3v) is 4.83. The van der Waals surface area contributed by atoms with Gasteiger partial charge in [-0.25, -0.2) is 13.1 Å². The van der Waals surface area contributed by atoms with Crippen molar-refractivity contribution in [2.75, 3.05) is 40.0 Å². The van der Waals surface area contributed by atoms with Crippen molar-refractivity contribution >= 4 is 10.0 Å². The van der Waals surface area contributed by atoms with E-state index in [-0.39, 0.29) is 10.8 Å². The minimum Gasteiger partial charge on any atom is -0.495 e. The summed E-state index contributed by atoms with van der Waals surface area (Å²) in [6, 6.07) is 5.10. The van der Waals surface area contributed by atoms with Gasteiger partial charge in [-0.05, 0) is 24.6 Å². The van der Waals surface area contributed by atoms with E-state index in [4.69, 9.17) is 9.47 Å². The minimum absolute atomic E-state index is 0.123. The fourth-order valence-corrected chi connectivity index (χ4v) is 3.56. The Labute approximate surface area is 125 Å². The third kappa shape index (κ3) is 4.41. The van der Waals surface area contributed by atoms with Crippen LogP contribution in [0, 0.1) is 12.8 Å². The average Bonchev–Trinajstić information content (AvgIpc) is 2.74. The number of hydrogen-bond acceptors (Lipinski definition) is 5. The van der Waals surface area contributed by atoms with Gasteiger partial charge in [0.2, 0.25) is 10.0 Å². The fraction of sp³-hybridized carbons (Fsp3) is 0.571. The summed E-state index contributed by atoms with van der Waals surface area (Å²) in [4.78, 5) is 0.174. The molecule has 0 unspecified atom stereocenters. The van der Waals surface area contributed by atoms with Crippen LogP contribution in [0.5, 0.6) is 5.75 Å². The number of sulfonamides is 1. The van der Waals surface area contributed by atoms with Crippen LogP contribution in [-0.4, -0.2) is 48.4 Å². The molecule has 0 radical (unpaired) electrons. The molecule has 0 saturated carbocycles. The lowest BCUT2D eigenvalue weighted by Crippen LogP contribution is -2.35. The van der Waals surface area contributed by atoms with Gasteiger partial charge in [0.05, 0.1) is 20.3 Å². The van der Waals surface area contributed by atoms with Crippen LogP contribution < -0.4 is 14.8 Å². The zero-order valence-electron chi connectivity index (χ0n) is 12.4. The summed E-state index contributed by atoms with van der Waals surface area (Å²) < 4.78 is 38.1. The molecule has 1 heterocycles. The van der Waals surface area contributed by atoms with E-state index in [9.17, 15) is 8.42 Å². The molecule has 0 aromatic heterocycles. The number of ether oxygens (including phenoxy) is 2. The molecule has 21 heavy (non-hydrogen) atoms. The first-order chi connectivity index (χ1) is 10.0. The molecule has 7 heteroatoms. The first kappa shape index (κ1) is 16.2. The number of hydrogen-bond donors (Lipinski definition) is 2. The van der Waals surface area contributed by atoms with Gasteiger partial charge in [-0.1, -0.05) is 6.07 Å². The molecule has 1 atom stereocenters. The van der Waals surface area contributed by atoms with Crippen LogP contribution in [0.1, 0.15) is 5.56 Å². The predicted molar refractivity (Wildman–Crippen MR) is 80.1 cm³/mol. The molecule has 0 aliphatic carbocycles. The molecule has 1 aliphatic heterocycles. The highest BCUT2D eigenvalue weighted by molar-refractivity contribution is 7.89. The Morgan fingerprint density at radius 1 is 1.48 bits per heavy atom. The van der Waals surface area contributed by atoms with Crippen molar-refractivity contribution < 1.29 is 17.9 Å². The van der Waals surface area contributed by atoms with Gasteiger partial charge in [-0.2, -0.15) is 0 Å². The molecule has 0 bridgehead atoms. The van der Waals surface area contributed by atoms with E-state index in [0.717, 1.165) is 18.7 Å². The molecular formula is C14H22N2O4S. The van der Waals surface area contributed by atoms with Crippen LogP contribution in [0.2, 0.25) is 0 Å². The zero-order chi connectivity index (χ0) is 15.3. The van der Waals surface area contributed by atoms with E-state index in [1.54, 1.807) is 12.1 Å². The molecule has 1 fully saturated rings. The second kappa shape index (κ2) is 7.22. The van der Waals surface area contributed by atoms with Gasteiger partial charge in [0.1, 0.15) is 10.6 Å². The van der Waals surface area contributed by atoms with Gasteiger partial charge >= 0.3 is 0 Å². The molecular weight excluding hydrogens is 292 g/mol. The van der Waals surface area contributed by atoms with Gasteiger partial charge < -0.3 is 14.8 Å². The van der Waals surface area contributed by atoms with Gasteiger partial charge in [-0.3, -0.25) is 0 Å². The standard InChI is InChI=1S/C14H22N2O4S/c1-11-3-4-13(19-2)14(7-11)21(17,18)16-9-12-8-15-5-6-20-10-12/h3-4,7,12,15-16H,5-6,8-10H2,1-2H3/t12-/m1/s1. The predicted octanol–water partition coefficient (Wildman–Crippen LogP) is 0.518. The van der Waals surface area contributed by atoms with Crippen LogP contribution in [0.3, 0.4) is 0 Å². The Hall–Kier alpha value is -1.15. The largest absolute Gasteiger partial charge is 0.495 e. The number of aryl methyl sites for hydroxylation is 1. The van der Waals surface area contributed by atoms with Gasteiger partial charge in [0.15, 0.2) is 0 Å². The lowest BCUT2D eigenvalue weighted by Gasteiger charge is -2.16. The molecule has 2 rings (SSSR count). The van der Waals surface area contributed by atoms with E-state index in [0.29, 0.717) is 25.5 Å². The summed E-state index contributed by atoms with van der Waals surface area (Å²) in [5.74, 6) is 0.474. The van der Waals surface area contributed by atoms with Crippen molar-refractivity contribution in [2.45, 2.75) is 11.8 Å². The van der Waals surface area contributed by atoms with Crippen LogP contribution in [0.4, 0.5) is 0 Å². The van der Waals surface area contributed by atoms with E-state index in [1.807, 2.05) is 13.0 Å². The summed E-state index contributed by atoms with van der Waals surface area (Å²) in [6.07, 6.45) is 0. The van der Waals surface area contributed by atoms with Crippen molar-refractivity contribution in [3.05, 3.63) is 23.8 Å². The summed E-state index contributed by atoms with van der Waals surface area (Å²) in [7, 11) is -2.13. The first-order valence-corrected chi connectivity index (χ1v) is 8.44. The molecule has 2 N–H and O–H groups in total. The summed E-state index contributed by atoms with van der Waals surface area (Å²) in [5.41, 5.74) is 0.871. The van der Waals surface area contributed by atoms with Gasteiger partial charge in [0.25, 0.3) is 0 Å². The van der Waals surface area contributed by atoms with E-state index in [1.165, 1.54) is 7.11 Å². The van der Waals surface area contributed by atoms with Gasteiger partial charge in [0, 0.05) is 25.6 Å². The van der Waals surface area contributed by atoms with E-state index in [2.05, 4.69) is 10.0 Å². The van der Waals surface area contributed by atoms with Crippen molar-refractivity contribution in [1.82, 2.24) is 10.0 Å². The Kier molecular flexibility index (Phi) is 5.58. The monoisotopic (exact) mass is 314 g/mol. The normalized spacial score (nSPS) is 20.0. The molecule has 1 aliphatic rings. The smallest absolute Gasteiger partial charge is 0.244 e. The average molecular weight is 314 g/mol.